The maximum Gasteiger partial charge on any atom is 0.411 e. The van der Waals surface area contributed by atoms with Gasteiger partial charge in [0.05, 0.1) is 18.2 Å². The van der Waals surface area contributed by atoms with E-state index in [-0.39, 0.29) is 0 Å². The Morgan fingerprint density at radius 1 is 1.20 bits per heavy atom. The number of nitrogens with one attached hydrogen (secondary N) is 1. The van der Waals surface area contributed by atoms with Gasteiger partial charge < -0.3 is 9.47 Å². The number of thiazole rings is 1. The third-order valence-corrected chi connectivity index (χ3v) is 3.99. The van der Waals surface area contributed by atoms with Crippen LogP contribution in [0.5, 0.6) is 0 Å². The molecule has 0 saturated carbocycles. The molecule has 134 valence electrons. The van der Waals surface area contributed by atoms with E-state index < -0.39 is 12.1 Å². The van der Waals surface area contributed by atoms with Gasteiger partial charge >= 0.3 is 12.1 Å². The molecule has 0 bridgehead atoms. The summed E-state index contributed by atoms with van der Waals surface area (Å²) < 4.78 is 10.0. The largest absolute Gasteiger partial charge is 0.461 e. The second kappa shape index (κ2) is 9.17. The number of anilines is 1. The van der Waals surface area contributed by atoms with Crippen LogP contribution in [0.1, 0.15) is 41.8 Å². The van der Waals surface area contributed by atoms with Crippen molar-refractivity contribution >= 4 is 29.1 Å². The van der Waals surface area contributed by atoms with Crippen molar-refractivity contribution in [3.63, 3.8) is 0 Å². The molecular weight excluding hydrogens is 340 g/mol. The van der Waals surface area contributed by atoms with Gasteiger partial charge in [0, 0.05) is 17.5 Å². The van der Waals surface area contributed by atoms with Crippen molar-refractivity contribution in [1.82, 2.24) is 4.98 Å². The first-order valence-corrected chi connectivity index (χ1v) is 9.00. The average Bonchev–Trinajstić information content (AvgIpc) is 3.04. The molecule has 0 atom stereocenters. The first kappa shape index (κ1) is 18.9. The lowest BCUT2D eigenvalue weighted by molar-refractivity contribution is 0.0520. The Morgan fingerprint density at radius 3 is 2.56 bits per heavy atom. The maximum atomic E-state index is 11.6. The molecule has 1 N–H and O–H groups in total. The lowest BCUT2D eigenvalue weighted by Crippen LogP contribution is -2.16. The molecule has 1 heterocycles. The van der Waals surface area contributed by atoms with Crippen molar-refractivity contribution < 1.29 is 19.1 Å². The van der Waals surface area contributed by atoms with Crippen molar-refractivity contribution in [2.75, 3.05) is 18.5 Å². The van der Waals surface area contributed by atoms with Crippen LogP contribution in [-0.2, 0) is 15.9 Å². The van der Waals surface area contributed by atoms with Crippen molar-refractivity contribution in [1.29, 1.82) is 0 Å². The Morgan fingerprint density at radius 2 is 1.92 bits per heavy atom. The molecule has 2 rings (SSSR count). The molecule has 7 heteroatoms. The second-order valence-electron chi connectivity index (χ2n) is 5.84. The number of aromatic nitrogens is 1. The minimum atomic E-state index is -0.458. The smallest absolute Gasteiger partial charge is 0.411 e. The fourth-order valence-corrected chi connectivity index (χ4v) is 2.77. The Hall–Kier alpha value is -2.41. The van der Waals surface area contributed by atoms with E-state index in [1.165, 1.54) is 11.3 Å². The van der Waals surface area contributed by atoms with Gasteiger partial charge in [0.15, 0.2) is 5.69 Å². The monoisotopic (exact) mass is 362 g/mol. The van der Waals surface area contributed by atoms with Crippen LogP contribution < -0.4 is 5.32 Å². The van der Waals surface area contributed by atoms with Gasteiger partial charge in [-0.1, -0.05) is 26.0 Å². The van der Waals surface area contributed by atoms with Gasteiger partial charge in [-0.15, -0.1) is 11.3 Å². The molecule has 1 aromatic carbocycles. The summed E-state index contributed by atoms with van der Waals surface area (Å²) in [4.78, 5) is 27.5. The average molecular weight is 362 g/mol. The highest BCUT2D eigenvalue weighted by molar-refractivity contribution is 7.09. The van der Waals surface area contributed by atoms with E-state index in [0.29, 0.717) is 36.9 Å². The minimum Gasteiger partial charge on any atom is -0.461 e. The minimum absolute atomic E-state index is 0.297. The summed E-state index contributed by atoms with van der Waals surface area (Å²) in [5.74, 6) is -0.102. The molecule has 25 heavy (non-hydrogen) atoms. The predicted molar refractivity (Wildman–Crippen MR) is 97.1 cm³/mol. The first-order chi connectivity index (χ1) is 12.0. The molecule has 0 unspecified atom stereocenters. The number of hydrogen-bond donors (Lipinski definition) is 1. The van der Waals surface area contributed by atoms with Crippen LogP contribution >= 0.6 is 11.3 Å². The molecule has 0 aliphatic rings. The van der Waals surface area contributed by atoms with E-state index in [2.05, 4.69) is 10.3 Å². The summed E-state index contributed by atoms with van der Waals surface area (Å²) in [5.41, 5.74) is 2.04. The number of carbonyl (C=O) groups is 2. The third-order valence-electron chi connectivity index (χ3n) is 3.14. The topological polar surface area (TPSA) is 77.5 Å². The number of carbonyl (C=O) groups excluding carboxylic acids is 2. The number of benzene rings is 1. The van der Waals surface area contributed by atoms with Crippen molar-refractivity contribution in [2.24, 2.45) is 5.92 Å². The van der Waals surface area contributed by atoms with Crippen LogP contribution in [0.3, 0.4) is 0 Å². The Bertz CT molecular complexity index is 710. The molecule has 0 saturated heterocycles. The standard InChI is InChI=1S/C18H22N2O4S/c1-4-23-17(21)15-11-25-16(20-15)9-13-5-7-14(8-6-13)19-18(22)24-10-12(2)3/h5-8,11-12H,4,9-10H2,1-3H3,(H,19,22). The quantitative estimate of drug-likeness (QED) is 0.750. The second-order valence-corrected chi connectivity index (χ2v) is 6.78. The number of esters is 1. The van der Waals surface area contributed by atoms with Gasteiger partial charge in [-0.05, 0) is 30.5 Å². The Labute approximate surface area is 151 Å². The molecule has 6 nitrogen and oxygen atoms in total. The van der Waals surface area contributed by atoms with E-state index in [0.717, 1.165) is 10.6 Å². The van der Waals surface area contributed by atoms with E-state index >= 15 is 0 Å². The van der Waals surface area contributed by atoms with Crippen LogP contribution in [0, 0.1) is 5.92 Å². The van der Waals surface area contributed by atoms with Gasteiger partial charge in [-0.2, -0.15) is 0 Å². The Kier molecular flexibility index (Phi) is 6.94. The van der Waals surface area contributed by atoms with E-state index in [1.807, 2.05) is 38.1 Å². The zero-order valence-corrected chi connectivity index (χ0v) is 15.4. The van der Waals surface area contributed by atoms with Crippen LogP contribution in [0.15, 0.2) is 29.6 Å². The number of amides is 1. The van der Waals surface area contributed by atoms with E-state index in [4.69, 9.17) is 9.47 Å². The Balaban J connectivity index is 1.90. The lowest BCUT2D eigenvalue weighted by atomic mass is 10.1. The fourth-order valence-electron chi connectivity index (χ4n) is 1.97. The predicted octanol–water partition coefficient (Wildman–Crippen LogP) is 4.12. The zero-order chi connectivity index (χ0) is 18.2. The summed E-state index contributed by atoms with van der Waals surface area (Å²) in [6.07, 6.45) is 0.155. The van der Waals surface area contributed by atoms with Crippen molar-refractivity contribution in [2.45, 2.75) is 27.2 Å². The SMILES string of the molecule is CCOC(=O)c1csc(Cc2ccc(NC(=O)OCC(C)C)cc2)n1. The summed E-state index contributed by atoms with van der Waals surface area (Å²) in [7, 11) is 0. The highest BCUT2D eigenvalue weighted by Gasteiger charge is 2.12. The summed E-state index contributed by atoms with van der Waals surface area (Å²) in [6.45, 7) is 6.44. The highest BCUT2D eigenvalue weighted by atomic mass is 32.1. The van der Waals surface area contributed by atoms with Crippen molar-refractivity contribution in [3.05, 3.63) is 45.9 Å². The van der Waals surface area contributed by atoms with Crippen LogP contribution in [-0.4, -0.2) is 30.3 Å². The molecule has 0 fully saturated rings. The van der Waals surface area contributed by atoms with Crippen LogP contribution in [0.4, 0.5) is 10.5 Å². The third kappa shape index (κ3) is 6.19. The zero-order valence-electron chi connectivity index (χ0n) is 14.6. The highest BCUT2D eigenvalue weighted by Crippen LogP contribution is 2.17. The normalized spacial score (nSPS) is 10.6. The van der Waals surface area contributed by atoms with Crippen molar-refractivity contribution in [3.8, 4) is 0 Å². The lowest BCUT2D eigenvalue weighted by Gasteiger charge is -2.09. The molecule has 0 aliphatic heterocycles. The fraction of sp³-hybridized carbons (Fsp3) is 0.389. The molecule has 0 radical (unpaired) electrons. The summed E-state index contributed by atoms with van der Waals surface area (Å²) >= 11 is 1.42. The molecule has 2 aromatic rings. The van der Waals surface area contributed by atoms with Gasteiger partial charge in [0.2, 0.25) is 0 Å². The molecule has 1 amide bonds. The number of nitrogens with zero attached hydrogens (tertiary/aromatic N) is 1. The molecule has 0 aliphatic carbocycles. The van der Waals surface area contributed by atoms with Gasteiger partial charge in [-0.3, -0.25) is 5.32 Å². The molecule has 1 aromatic heterocycles. The number of ether oxygens (including phenoxy) is 2. The van der Waals surface area contributed by atoms with Crippen LogP contribution in [0.2, 0.25) is 0 Å². The van der Waals surface area contributed by atoms with Gasteiger partial charge in [-0.25, -0.2) is 14.6 Å². The molecular formula is C18H22N2O4S. The van der Waals surface area contributed by atoms with Gasteiger partial charge in [0.1, 0.15) is 0 Å². The van der Waals surface area contributed by atoms with E-state index in [1.54, 1.807) is 12.3 Å². The maximum absolute atomic E-state index is 11.6. The molecule has 0 spiro atoms. The van der Waals surface area contributed by atoms with Gasteiger partial charge in [0.25, 0.3) is 0 Å². The first-order valence-electron chi connectivity index (χ1n) is 8.12. The van der Waals surface area contributed by atoms with Crippen LogP contribution in [0.25, 0.3) is 0 Å². The van der Waals surface area contributed by atoms with E-state index in [9.17, 15) is 9.59 Å². The summed E-state index contributed by atoms with van der Waals surface area (Å²) in [6, 6.07) is 7.44. The number of rotatable bonds is 7. The summed E-state index contributed by atoms with van der Waals surface area (Å²) in [5, 5.41) is 5.22. The number of hydrogen-bond acceptors (Lipinski definition) is 6.